The molecule has 21 heavy (non-hydrogen) atoms. The van der Waals surface area contributed by atoms with E-state index in [0.29, 0.717) is 22.0 Å². The molecule has 1 N–H and O–H groups in total. The van der Waals surface area contributed by atoms with E-state index in [2.05, 4.69) is 30.1 Å². The highest BCUT2D eigenvalue weighted by Crippen LogP contribution is 2.34. The average Bonchev–Trinajstić information content (AvgIpc) is 2.44. The van der Waals surface area contributed by atoms with Crippen molar-refractivity contribution in [3.05, 3.63) is 33.8 Å². The number of rotatable bonds is 4. The van der Waals surface area contributed by atoms with Gasteiger partial charge < -0.3 is 5.32 Å². The zero-order valence-corrected chi connectivity index (χ0v) is 15.6. The first-order valence-electron chi connectivity index (χ1n) is 7.03. The average molecular weight is 374 g/mol. The lowest BCUT2D eigenvalue weighted by molar-refractivity contribution is 0.128. The van der Waals surface area contributed by atoms with Crippen molar-refractivity contribution in [2.75, 3.05) is 26.2 Å². The van der Waals surface area contributed by atoms with Crippen molar-refractivity contribution >= 4 is 48.0 Å². The number of benzene rings is 1. The fourth-order valence-electron chi connectivity index (χ4n) is 2.78. The van der Waals surface area contributed by atoms with E-state index in [1.165, 1.54) is 5.56 Å². The third-order valence-corrected chi connectivity index (χ3v) is 4.75. The van der Waals surface area contributed by atoms with Gasteiger partial charge in [-0.05, 0) is 23.6 Å². The first kappa shape index (κ1) is 21.3. The molecule has 1 aliphatic heterocycles. The molecule has 0 spiro atoms. The van der Waals surface area contributed by atoms with E-state index in [1.54, 1.807) is 0 Å². The van der Waals surface area contributed by atoms with Crippen LogP contribution in [0.5, 0.6) is 0 Å². The number of hydrogen-bond donors (Lipinski definition) is 1. The Morgan fingerprint density at radius 3 is 2.29 bits per heavy atom. The quantitative estimate of drug-likeness (QED) is 0.812. The van der Waals surface area contributed by atoms with Crippen LogP contribution in [0.1, 0.15) is 31.9 Å². The SMILES string of the molecule is CCC(C)[C@@H](c1ccc(Cl)c(Cl)c1)N1CCNCC1.Cl.Cl. The summed E-state index contributed by atoms with van der Waals surface area (Å²) in [4.78, 5) is 2.56. The zero-order valence-electron chi connectivity index (χ0n) is 12.4. The second-order valence-corrected chi connectivity index (χ2v) is 6.10. The molecule has 1 heterocycles. The molecule has 0 saturated carbocycles. The summed E-state index contributed by atoms with van der Waals surface area (Å²) in [5, 5.41) is 4.70. The molecule has 2 rings (SSSR count). The number of halogens is 4. The van der Waals surface area contributed by atoms with E-state index in [-0.39, 0.29) is 24.8 Å². The molecular formula is C15H24Cl4N2. The Kier molecular flexibility index (Phi) is 10.3. The van der Waals surface area contributed by atoms with Crippen molar-refractivity contribution in [3.63, 3.8) is 0 Å². The molecule has 1 aromatic rings. The van der Waals surface area contributed by atoms with Gasteiger partial charge in [0.05, 0.1) is 10.0 Å². The number of piperazine rings is 1. The monoisotopic (exact) mass is 372 g/mol. The highest BCUT2D eigenvalue weighted by molar-refractivity contribution is 6.42. The molecule has 122 valence electrons. The topological polar surface area (TPSA) is 15.3 Å². The van der Waals surface area contributed by atoms with Crippen LogP contribution in [0, 0.1) is 5.92 Å². The second kappa shape index (κ2) is 10.1. The van der Waals surface area contributed by atoms with Gasteiger partial charge in [-0.15, -0.1) is 24.8 Å². The van der Waals surface area contributed by atoms with Crippen molar-refractivity contribution in [1.82, 2.24) is 10.2 Å². The fraction of sp³-hybridized carbons (Fsp3) is 0.600. The standard InChI is InChI=1S/C15H22Cl2N2.2ClH/c1-3-11(2)15(19-8-6-18-7-9-19)12-4-5-13(16)14(17)10-12;;/h4-5,10-11,15,18H,3,6-9H2,1-2H3;2*1H/t11?,15-;;/m0../s1. The van der Waals surface area contributed by atoms with Gasteiger partial charge in [-0.3, -0.25) is 4.90 Å². The van der Waals surface area contributed by atoms with E-state index < -0.39 is 0 Å². The van der Waals surface area contributed by atoms with Gasteiger partial charge >= 0.3 is 0 Å². The molecule has 2 atom stereocenters. The van der Waals surface area contributed by atoms with Crippen LogP contribution >= 0.6 is 48.0 Å². The van der Waals surface area contributed by atoms with Gasteiger partial charge in [0, 0.05) is 32.2 Å². The van der Waals surface area contributed by atoms with Crippen molar-refractivity contribution in [2.45, 2.75) is 26.3 Å². The van der Waals surface area contributed by atoms with E-state index in [1.807, 2.05) is 12.1 Å². The van der Waals surface area contributed by atoms with Crippen LogP contribution in [-0.2, 0) is 0 Å². The van der Waals surface area contributed by atoms with Gasteiger partial charge in [0.25, 0.3) is 0 Å². The molecule has 6 heteroatoms. The summed E-state index contributed by atoms with van der Waals surface area (Å²) in [6, 6.07) is 6.49. The Morgan fingerprint density at radius 2 is 1.76 bits per heavy atom. The molecular weight excluding hydrogens is 350 g/mol. The van der Waals surface area contributed by atoms with Crippen LogP contribution in [-0.4, -0.2) is 31.1 Å². The van der Waals surface area contributed by atoms with Crippen molar-refractivity contribution in [3.8, 4) is 0 Å². The van der Waals surface area contributed by atoms with Crippen molar-refractivity contribution in [1.29, 1.82) is 0 Å². The molecule has 1 unspecified atom stereocenters. The van der Waals surface area contributed by atoms with Gasteiger partial charge in [0.1, 0.15) is 0 Å². The van der Waals surface area contributed by atoms with Crippen molar-refractivity contribution in [2.24, 2.45) is 5.92 Å². The normalized spacial score (nSPS) is 18.3. The summed E-state index contributed by atoms with van der Waals surface area (Å²) < 4.78 is 0. The van der Waals surface area contributed by atoms with Gasteiger partial charge in [-0.2, -0.15) is 0 Å². The molecule has 0 bridgehead atoms. The Morgan fingerprint density at radius 1 is 1.14 bits per heavy atom. The van der Waals surface area contributed by atoms with Gasteiger partial charge in [-0.1, -0.05) is 49.5 Å². The minimum atomic E-state index is 0. The van der Waals surface area contributed by atoms with E-state index in [4.69, 9.17) is 23.2 Å². The minimum absolute atomic E-state index is 0. The highest BCUT2D eigenvalue weighted by atomic mass is 35.5. The third-order valence-electron chi connectivity index (χ3n) is 4.01. The van der Waals surface area contributed by atoms with E-state index in [0.717, 1.165) is 32.6 Å². The lowest BCUT2D eigenvalue weighted by Crippen LogP contribution is -2.46. The number of nitrogens with one attached hydrogen (secondary N) is 1. The molecule has 2 nitrogen and oxygen atoms in total. The summed E-state index contributed by atoms with van der Waals surface area (Å²) in [5.74, 6) is 0.607. The molecule has 0 amide bonds. The lowest BCUT2D eigenvalue weighted by Gasteiger charge is -2.38. The fourth-order valence-corrected chi connectivity index (χ4v) is 3.09. The number of hydrogen-bond acceptors (Lipinski definition) is 2. The van der Waals surface area contributed by atoms with Crippen LogP contribution in [0.4, 0.5) is 0 Å². The highest BCUT2D eigenvalue weighted by Gasteiger charge is 2.26. The molecule has 1 saturated heterocycles. The summed E-state index contributed by atoms with van der Waals surface area (Å²) in [5.41, 5.74) is 1.28. The largest absolute Gasteiger partial charge is 0.314 e. The van der Waals surface area contributed by atoms with Crippen molar-refractivity contribution < 1.29 is 0 Å². The number of nitrogens with zero attached hydrogens (tertiary/aromatic N) is 1. The zero-order chi connectivity index (χ0) is 13.8. The maximum absolute atomic E-state index is 6.18. The van der Waals surface area contributed by atoms with Gasteiger partial charge in [0.2, 0.25) is 0 Å². The Bertz CT molecular complexity index is 422. The molecule has 1 fully saturated rings. The predicted molar refractivity (Wildman–Crippen MR) is 97.6 cm³/mol. The second-order valence-electron chi connectivity index (χ2n) is 5.29. The predicted octanol–water partition coefficient (Wildman–Crippen LogP) is 4.83. The molecule has 1 aliphatic rings. The Balaban J connectivity index is 0.00000200. The summed E-state index contributed by atoms with van der Waals surface area (Å²) in [7, 11) is 0. The maximum Gasteiger partial charge on any atom is 0.0595 e. The van der Waals surface area contributed by atoms with E-state index in [9.17, 15) is 0 Å². The maximum atomic E-state index is 6.18. The molecule has 0 radical (unpaired) electrons. The summed E-state index contributed by atoms with van der Waals surface area (Å²) >= 11 is 12.2. The summed E-state index contributed by atoms with van der Waals surface area (Å²) in [6.45, 7) is 8.87. The first-order valence-corrected chi connectivity index (χ1v) is 7.78. The molecule has 0 aliphatic carbocycles. The van der Waals surface area contributed by atoms with Crippen LogP contribution in [0.25, 0.3) is 0 Å². The lowest BCUT2D eigenvalue weighted by atomic mass is 9.90. The smallest absolute Gasteiger partial charge is 0.0595 e. The van der Waals surface area contributed by atoms with E-state index >= 15 is 0 Å². The van der Waals surface area contributed by atoms with Crippen LogP contribution in [0.2, 0.25) is 10.0 Å². The third kappa shape index (κ3) is 5.46. The minimum Gasteiger partial charge on any atom is -0.314 e. The van der Waals surface area contributed by atoms with Crippen LogP contribution < -0.4 is 5.32 Å². The van der Waals surface area contributed by atoms with Gasteiger partial charge in [-0.25, -0.2) is 0 Å². The first-order chi connectivity index (χ1) is 9.13. The summed E-state index contributed by atoms with van der Waals surface area (Å²) in [6.07, 6.45) is 1.16. The van der Waals surface area contributed by atoms with Crippen LogP contribution in [0.3, 0.4) is 0 Å². The van der Waals surface area contributed by atoms with Gasteiger partial charge in [0.15, 0.2) is 0 Å². The molecule has 0 aromatic heterocycles. The van der Waals surface area contributed by atoms with Crippen LogP contribution in [0.15, 0.2) is 18.2 Å². The Labute approximate surface area is 150 Å². The molecule has 1 aromatic carbocycles. The Hall–Kier alpha value is 0.300.